The summed E-state index contributed by atoms with van der Waals surface area (Å²) in [6.07, 6.45) is -9.91. The zero-order valence-corrected chi connectivity index (χ0v) is 19.1. The Balaban J connectivity index is 1.79. The van der Waals surface area contributed by atoms with Gasteiger partial charge in [-0.05, 0) is 59.0 Å². The van der Waals surface area contributed by atoms with Gasteiger partial charge in [0.2, 0.25) is 5.91 Å². The lowest BCUT2D eigenvalue weighted by molar-refractivity contribution is -0.143. The Morgan fingerprint density at radius 3 is 2.11 bits per heavy atom. The van der Waals surface area contributed by atoms with Crippen LogP contribution in [-0.2, 0) is 18.9 Å². The summed E-state index contributed by atoms with van der Waals surface area (Å²) in [6.45, 7) is -0.289. The Labute approximate surface area is 204 Å². The number of rotatable bonds is 4. The Morgan fingerprint density at radius 2 is 1.53 bits per heavy atom. The molecule has 0 aliphatic carbocycles. The first-order valence-corrected chi connectivity index (χ1v) is 11.5. The van der Waals surface area contributed by atoms with E-state index in [2.05, 4.69) is 0 Å². The van der Waals surface area contributed by atoms with Gasteiger partial charge in [0.1, 0.15) is 0 Å². The number of primary amides is 1. The number of halogens is 6. The van der Waals surface area contributed by atoms with E-state index in [9.17, 15) is 31.1 Å². The molecule has 184 valence electrons. The molecule has 3 nitrogen and oxygen atoms in total. The highest BCUT2D eigenvalue weighted by molar-refractivity contribution is 7.13. The number of benzene rings is 3. The number of carbonyl (C=O) groups is 1. The minimum Gasteiger partial charge on any atom is -0.366 e. The third-order valence-electron chi connectivity index (χ3n) is 5.95. The Hall–Kier alpha value is -3.79. The van der Waals surface area contributed by atoms with Crippen LogP contribution in [0.3, 0.4) is 0 Å². The highest BCUT2D eigenvalue weighted by atomic mass is 32.1. The van der Waals surface area contributed by atoms with Crippen LogP contribution in [0, 0.1) is 0 Å². The lowest BCUT2D eigenvalue weighted by Gasteiger charge is -2.15. The number of amides is 1. The van der Waals surface area contributed by atoms with Crippen molar-refractivity contribution >= 4 is 39.0 Å². The molecule has 0 radical (unpaired) electrons. The first-order valence-electron chi connectivity index (χ1n) is 10.6. The van der Waals surface area contributed by atoms with Crippen LogP contribution in [-0.4, -0.2) is 10.5 Å². The summed E-state index contributed by atoms with van der Waals surface area (Å²) in [4.78, 5) is 13.1. The van der Waals surface area contributed by atoms with Gasteiger partial charge in [-0.1, -0.05) is 24.3 Å². The van der Waals surface area contributed by atoms with Gasteiger partial charge in [0.15, 0.2) is 0 Å². The first-order chi connectivity index (χ1) is 16.9. The Bertz CT molecular complexity index is 1580. The fraction of sp³-hybridized carbons (Fsp3) is 0.115. The molecule has 0 aliphatic heterocycles. The quantitative estimate of drug-likeness (QED) is 0.244. The zero-order valence-electron chi connectivity index (χ0n) is 18.2. The van der Waals surface area contributed by atoms with Crippen molar-refractivity contribution in [1.82, 2.24) is 4.57 Å². The monoisotopic (exact) mass is 518 g/mol. The van der Waals surface area contributed by atoms with Crippen LogP contribution in [0.5, 0.6) is 0 Å². The Morgan fingerprint density at radius 1 is 0.833 bits per heavy atom. The minimum absolute atomic E-state index is 0.107. The van der Waals surface area contributed by atoms with Gasteiger partial charge in [0, 0.05) is 27.8 Å². The number of nitrogens with two attached hydrogens (primary N) is 1. The van der Waals surface area contributed by atoms with E-state index in [1.807, 2.05) is 29.6 Å². The predicted molar refractivity (Wildman–Crippen MR) is 127 cm³/mol. The van der Waals surface area contributed by atoms with Crippen molar-refractivity contribution in [2.75, 3.05) is 0 Å². The van der Waals surface area contributed by atoms with E-state index in [1.165, 1.54) is 17.4 Å². The fourth-order valence-electron chi connectivity index (χ4n) is 4.41. The zero-order chi connectivity index (χ0) is 25.8. The number of hydrogen-bond acceptors (Lipinski definition) is 2. The molecule has 2 heterocycles. The second kappa shape index (κ2) is 8.41. The molecule has 0 spiro atoms. The summed E-state index contributed by atoms with van der Waals surface area (Å²) in [7, 11) is 0. The van der Waals surface area contributed by atoms with E-state index in [1.54, 1.807) is 22.8 Å². The molecule has 5 aromatic rings. The predicted octanol–water partition coefficient (Wildman–Crippen LogP) is 7.71. The van der Waals surface area contributed by atoms with Crippen molar-refractivity contribution in [3.05, 3.63) is 94.4 Å². The molecule has 3 aromatic carbocycles. The van der Waals surface area contributed by atoms with E-state index in [0.29, 0.717) is 33.9 Å². The van der Waals surface area contributed by atoms with Gasteiger partial charge in [-0.25, -0.2) is 0 Å². The molecular weight excluding hydrogens is 502 g/mol. The van der Waals surface area contributed by atoms with E-state index < -0.39 is 29.4 Å². The van der Waals surface area contributed by atoms with Gasteiger partial charge in [0.25, 0.3) is 0 Å². The summed E-state index contributed by atoms with van der Waals surface area (Å²) in [6, 6.07) is 15.5. The molecule has 2 N–H and O–H groups in total. The first kappa shape index (κ1) is 23.9. The molecule has 0 bridgehead atoms. The number of nitrogens with zero attached hydrogens (tertiary/aromatic N) is 1. The summed E-state index contributed by atoms with van der Waals surface area (Å²) < 4.78 is 82.3. The van der Waals surface area contributed by atoms with Crippen LogP contribution in [0.1, 0.15) is 27.0 Å². The topological polar surface area (TPSA) is 48.0 Å². The van der Waals surface area contributed by atoms with Crippen LogP contribution < -0.4 is 5.73 Å². The maximum absolute atomic E-state index is 13.4. The van der Waals surface area contributed by atoms with Crippen molar-refractivity contribution in [2.24, 2.45) is 5.73 Å². The lowest BCUT2D eigenvalue weighted by atomic mass is 10.0. The third kappa shape index (κ3) is 4.21. The van der Waals surface area contributed by atoms with E-state index in [-0.39, 0.29) is 23.7 Å². The smallest absolute Gasteiger partial charge is 0.366 e. The maximum Gasteiger partial charge on any atom is 0.416 e. The normalized spacial score (nSPS) is 12.5. The average molecular weight is 518 g/mol. The van der Waals surface area contributed by atoms with Crippen LogP contribution in [0.25, 0.3) is 32.2 Å². The standard InChI is InChI=1S/C26H16F6N2OS/c27-25(28,29)16-9-14(10-17(12-16)26(30,31)32)13-34-20-4-1-3-19(24(33)35)23(20)18-7-6-15(11-21(18)34)22-5-2-8-36-22/h1-12H,13H2,(H2,33,35). The van der Waals surface area contributed by atoms with Crippen LogP contribution in [0.4, 0.5) is 26.3 Å². The average Bonchev–Trinajstić information content (AvgIpc) is 3.45. The highest BCUT2D eigenvalue weighted by Gasteiger charge is 2.37. The van der Waals surface area contributed by atoms with Gasteiger partial charge >= 0.3 is 12.4 Å². The molecule has 0 saturated heterocycles. The molecule has 0 fully saturated rings. The molecule has 0 atom stereocenters. The van der Waals surface area contributed by atoms with Crippen LogP contribution in [0.2, 0.25) is 0 Å². The van der Waals surface area contributed by atoms with Crippen molar-refractivity contribution in [1.29, 1.82) is 0 Å². The molecule has 0 aliphatic rings. The molecule has 10 heteroatoms. The highest BCUT2D eigenvalue weighted by Crippen LogP contribution is 2.39. The molecular formula is C26H16F6N2OS. The second-order valence-corrected chi connectivity index (χ2v) is 9.22. The fourth-order valence-corrected chi connectivity index (χ4v) is 5.13. The SMILES string of the molecule is NC(=O)c1cccc2c1c1ccc(-c3cccs3)cc1n2Cc1cc(C(F)(F)F)cc(C(F)(F)F)c1. The van der Waals surface area contributed by atoms with E-state index in [4.69, 9.17) is 5.73 Å². The molecule has 36 heavy (non-hydrogen) atoms. The molecule has 0 saturated carbocycles. The van der Waals surface area contributed by atoms with Gasteiger partial charge in [-0.3, -0.25) is 4.79 Å². The largest absolute Gasteiger partial charge is 0.416 e. The summed E-state index contributed by atoms with van der Waals surface area (Å²) in [5.74, 6) is -0.694. The van der Waals surface area contributed by atoms with Crippen molar-refractivity contribution in [3.8, 4) is 10.4 Å². The maximum atomic E-state index is 13.4. The summed E-state index contributed by atoms with van der Waals surface area (Å²) >= 11 is 1.49. The number of thiophene rings is 1. The van der Waals surface area contributed by atoms with Gasteiger partial charge in [-0.2, -0.15) is 26.3 Å². The van der Waals surface area contributed by atoms with E-state index in [0.717, 1.165) is 10.4 Å². The van der Waals surface area contributed by atoms with Crippen LogP contribution >= 0.6 is 11.3 Å². The summed E-state index contributed by atoms with van der Waals surface area (Å²) in [5.41, 5.74) is 4.68. The van der Waals surface area contributed by atoms with Gasteiger partial charge in [0.05, 0.1) is 22.2 Å². The van der Waals surface area contributed by atoms with Crippen molar-refractivity contribution < 1.29 is 31.1 Å². The van der Waals surface area contributed by atoms with E-state index >= 15 is 0 Å². The van der Waals surface area contributed by atoms with Gasteiger partial charge in [-0.15, -0.1) is 11.3 Å². The number of hydrogen-bond donors (Lipinski definition) is 1. The molecule has 2 aromatic heterocycles. The molecule has 1 amide bonds. The minimum atomic E-state index is -4.96. The lowest BCUT2D eigenvalue weighted by Crippen LogP contribution is -2.13. The second-order valence-electron chi connectivity index (χ2n) is 8.27. The molecule has 0 unspecified atom stereocenters. The number of alkyl halides is 6. The summed E-state index contributed by atoms with van der Waals surface area (Å²) in [5, 5.41) is 2.99. The number of carbonyl (C=O) groups excluding carboxylic acids is 1. The third-order valence-corrected chi connectivity index (χ3v) is 6.87. The van der Waals surface area contributed by atoms with Gasteiger partial charge < -0.3 is 10.3 Å². The molecule has 5 rings (SSSR count). The van der Waals surface area contributed by atoms with Crippen molar-refractivity contribution in [2.45, 2.75) is 18.9 Å². The van der Waals surface area contributed by atoms with Crippen LogP contribution in [0.15, 0.2) is 72.1 Å². The number of fused-ring (bicyclic) bond motifs is 3. The number of aromatic nitrogens is 1. The van der Waals surface area contributed by atoms with Crippen molar-refractivity contribution in [3.63, 3.8) is 0 Å². The Kier molecular flexibility index (Phi) is 5.59.